The molecule has 5 atom stereocenters. The van der Waals surface area contributed by atoms with E-state index in [9.17, 15) is 9.90 Å². The van der Waals surface area contributed by atoms with Crippen LogP contribution in [0.4, 0.5) is 4.79 Å². The van der Waals surface area contributed by atoms with E-state index in [-0.39, 0.29) is 23.1 Å². The van der Waals surface area contributed by atoms with Crippen LogP contribution >= 0.6 is 11.8 Å². The van der Waals surface area contributed by atoms with Gasteiger partial charge in [-0.2, -0.15) is 5.26 Å². The highest BCUT2D eigenvalue weighted by Crippen LogP contribution is 2.44. The number of aliphatic hydroxyl groups is 1. The number of benzene rings is 3. The summed E-state index contributed by atoms with van der Waals surface area (Å²) in [6, 6.07) is 27.2. The van der Waals surface area contributed by atoms with E-state index >= 15 is 0 Å². The smallest absolute Gasteiger partial charge is 0.324 e. The van der Waals surface area contributed by atoms with Crippen LogP contribution in [0, 0.1) is 11.3 Å². The molecule has 10 nitrogen and oxygen atoms in total. The number of rotatable bonds is 14. The maximum absolute atomic E-state index is 13.6. The summed E-state index contributed by atoms with van der Waals surface area (Å²) in [5.74, 6) is 2.00. The Balaban J connectivity index is 1.53. The van der Waals surface area contributed by atoms with Gasteiger partial charge in [0, 0.05) is 18.4 Å². The molecule has 1 saturated heterocycles. The Kier molecular flexibility index (Phi) is 12.2. The van der Waals surface area contributed by atoms with Gasteiger partial charge in [0.15, 0.2) is 14.5 Å². The second-order valence-electron chi connectivity index (χ2n) is 14.1. The van der Waals surface area contributed by atoms with Gasteiger partial charge in [0.1, 0.15) is 35.4 Å². The van der Waals surface area contributed by atoms with Gasteiger partial charge in [0.25, 0.3) is 0 Å². The van der Waals surface area contributed by atoms with E-state index in [4.69, 9.17) is 28.6 Å². The van der Waals surface area contributed by atoms with Crippen LogP contribution in [-0.4, -0.2) is 80.8 Å². The van der Waals surface area contributed by atoms with E-state index in [2.05, 4.69) is 45.3 Å². The molecule has 0 radical (unpaired) electrons. The van der Waals surface area contributed by atoms with Gasteiger partial charge in [-0.25, -0.2) is 4.79 Å². The zero-order valence-electron chi connectivity index (χ0n) is 30.4. The molecule has 3 aromatic carbocycles. The van der Waals surface area contributed by atoms with E-state index in [0.29, 0.717) is 23.7 Å². The molecular weight excluding hydrogens is 683 g/mol. The van der Waals surface area contributed by atoms with E-state index in [1.54, 1.807) is 20.4 Å². The number of hydrogen-bond acceptors (Lipinski definition) is 9. The fraction of sp³-hybridized carbons (Fsp3) is 0.436. The number of ether oxygens (including phenoxy) is 4. The number of methoxy groups -OCH3 is 2. The van der Waals surface area contributed by atoms with Gasteiger partial charge in [-0.15, -0.1) is 11.8 Å². The highest BCUT2D eigenvalue weighted by molar-refractivity contribution is 8.00. The molecule has 0 bridgehead atoms. The van der Waals surface area contributed by atoms with Crippen molar-refractivity contribution in [1.29, 1.82) is 5.26 Å². The summed E-state index contributed by atoms with van der Waals surface area (Å²) < 4.78 is 31.5. The number of aliphatic hydroxyl groups excluding tert-OH is 1. The Morgan fingerprint density at radius 2 is 1.51 bits per heavy atom. The van der Waals surface area contributed by atoms with E-state index < -0.39 is 38.5 Å². The molecule has 2 aliphatic rings. The lowest BCUT2D eigenvalue weighted by Gasteiger charge is -2.41. The Morgan fingerprint density at radius 1 is 0.941 bits per heavy atom. The zero-order valence-corrected chi connectivity index (χ0v) is 32.2. The predicted octanol–water partition coefficient (Wildman–Crippen LogP) is 7.00. The van der Waals surface area contributed by atoms with Crippen molar-refractivity contribution in [3.63, 3.8) is 0 Å². The molecule has 2 aliphatic heterocycles. The van der Waals surface area contributed by atoms with Crippen LogP contribution < -0.4 is 14.8 Å². The summed E-state index contributed by atoms with van der Waals surface area (Å²) in [6.07, 6.45) is 0.201. The molecule has 1 unspecified atom stereocenters. The van der Waals surface area contributed by atoms with Gasteiger partial charge in [0.05, 0.1) is 32.3 Å². The topological polar surface area (TPSA) is 123 Å². The summed E-state index contributed by atoms with van der Waals surface area (Å²) in [5, 5.41) is 23.5. The molecule has 2 N–H and O–H groups in total. The number of nitrogens with zero attached hydrogens (tertiary/aromatic N) is 2. The van der Waals surface area contributed by atoms with Crippen LogP contribution in [0.3, 0.4) is 0 Å². The molecule has 51 heavy (non-hydrogen) atoms. The highest BCUT2D eigenvalue weighted by Gasteiger charge is 2.53. The molecular formula is C39H49N3O7SSi. The first-order valence-corrected chi connectivity index (χ1v) is 21.1. The van der Waals surface area contributed by atoms with Crippen molar-refractivity contribution < 1.29 is 33.3 Å². The second kappa shape index (κ2) is 16.2. The molecule has 0 aromatic heterocycles. The third kappa shape index (κ3) is 8.30. The largest absolute Gasteiger partial charge is 0.497 e. The lowest BCUT2D eigenvalue weighted by Crippen LogP contribution is -2.56. The molecule has 5 rings (SSSR count). The van der Waals surface area contributed by atoms with Crippen LogP contribution in [0.15, 0.2) is 91.1 Å². The Bertz CT molecular complexity index is 1630. The van der Waals surface area contributed by atoms with Crippen molar-refractivity contribution in [2.45, 2.75) is 80.8 Å². The lowest BCUT2D eigenvalue weighted by molar-refractivity contribution is -0.0995. The van der Waals surface area contributed by atoms with Crippen LogP contribution in [0.1, 0.15) is 43.9 Å². The van der Waals surface area contributed by atoms with Crippen LogP contribution in [0.25, 0.3) is 0 Å². The van der Waals surface area contributed by atoms with Crippen molar-refractivity contribution in [3.8, 4) is 17.6 Å². The maximum Gasteiger partial charge on any atom is 0.324 e. The van der Waals surface area contributed by atoms with Gasteiger partial charge in [0.2, 0.25) is 0 Å². The van der Waals surface area contributed by atoms with Crippen molar-refractivity contribution in [3.05, 3.63) is 108 Å². The van der Waals surface area contributed by atoms with Gasteiger partial charge in [-0.05, 0) is 65.2 Å². The number of carbonyl (C=O) groups is 1. The number of nitriles is 1. The number of nitrogens with one attached hydrogen (secondary N) is 1. The number of hydrogen-bond donors (Lipinski definition) is 2. The summed E-state index contributed by atoms with van der Waals surface area (Å²) in [4.78, 5) is 15.0. The highest BCUT2D eigenvalue weighted by atomic mass is 32.2. The maximum atomic E-state index is 13.6. The number of urea groups is 1. The van der Waals surface area contributed by atoms with E-state index in [0.717, 1.165) is 16.7 Å². The van der Waals surface area contributed by atoms with Gasteiger partial charge >= 0.3 is 6.03 Å². The molecule has 0 aliphatic carbocycles. The quantitative estimate of drug-likeness (QED) is 0.103. The number of amides is 2. The third-order valence-corrected chi connectivity index (χ3v) is 15.4. The van der Waals surface area contributed by atoms with Crippen LogP contribution in [0.5, 0.6) is 11.5 Å². The summed E-state index contributed by atoms with van der Waals surface area (Å²) in [7, 11) is 0.794. The average molecular weight is 732 g/mol. The zero-order chi connectivity index (χ0) is 36.8. The molecule has 3 aromatic rings. The minimum atomic E-state index is -2.46. The summed E-state index contributed by atoms with van der Waals surface area (Å²) in [5.41, 5.74) is 1.43. The predicted molar refractivity (Wildman–Crippen MR) is 201 cm³/mol. The van der Waals surface area contributed by atoms with E-state index in [1.807, 2.05) is 84.9 Å². The van der Waals surface area contributed by atoms with Gasteiger partial charge < -0.3 is 33.8 Å². The number of thioether (sulfide) groups is 1. The molecule has 0 spiro atoms. The van der Waals surface area contributed by atoms with Crippen LogP contribution in [-0.2, 0) is 19.5 Å². The van der Waals surface area contributed by atoms with Crippen molar-refractivity contribution in [2.24, 2.45) is 0 Å². The Labute approximate surface area is 306 Å². The lowest BCUT2D eigenvalue weighted by atomic mass is 9.80. The first-order chi connectivity index (χ1) is 24.3. The van der Waals surface area contributed by atoms with E-state index in [1.165, 1.54) is 16.7 Å². The molecule has 2 heterocycles. The van der Waals surface area contributed by atoms with Gasteiger partial charge in [-0.1, -0.05) is 75.4 Å². The SMILES string of the molecule is COc1ccc(C(OC[C@H]2O[C@@H](N3C=CC(SCCC#N)NC3=O)[C@H](O[Si](C)(C)C(C)(C)C)[C@@H]2O)(c2ccccc2)c2ccc(OC)cc2)cc1. The Morgan fingerprint density at radius 3 is 2.02 bits per heavy atom. The van der Waals surface area contributed by atoms with Crippen molar-refractivity contribution in [2.75, 3.05) is 26.6 Å². The van der Waals surface area contributed by atoms with Crippen molar-refractivity contribution in [1.82, 2.24) is 10.2 Å². The normalized spacial score (nSPS) is 22.4. The molecule has 2 amide bonds. The molecule has 272 valence electrons. The standard InChI is InChI=1S/C39H49N3O7SSi/c1-38(2,3)51(6,7)49-35-34(43)32(48-36(35)42-24-22-33(41-37(42)44)50-25-11-23-40)26-47-39(27-12-9-8-10-13-27,28-14-18-30(45-4)19-15-28)29-16-20-31(46-5)21-17-29/h8-10,12-22,24,32-36,43H,11,25-26H2,1-7H3,(H,41,44)/t32-,33?,34-,35-,36-/m1/s1. The first-order valence-electron chi connectivity index (χ1n) is 17.1. The second-order valence-corrected chi connectivity index (χ2v) is 20.1. The first kappa shape index (κ1) is 38.4. The summed E-state index contributed by atoms with van der Waals surface area (Å²) in [6.45, 7) is 10.6. The van der Waals surface area contributed by atoms with Crippen LogP contribution in [0.2, 0.25) is 18.1 Å². The molecule has 1 fully saturated rings. The minimum absolute atomic E-state index is 0.0339. The van der Waals surface area contributed by atoms with Gasteiger partial charge in [-0.3, -0.25) is 4.90 Å². The molecule has 12 heteroatoms. The summed E-state index contributed by atoms with van der Waals surface area (Å²) >= 11 is 1.48. The molecule has 0 saturated carbocycles. The minimum Gasteiger partial charge on any atom is -0.497 e. The van der Waals surface area contributed by atoms with Crippen molar-refractivity contribution >= 4 is 26.1 Å². The fourth-order valence-electron chi connectivity index (χ4n) is 6.02. The average Bonchev–Trinajstić information content (AvgIpc) is 3.42. The third-order valence-electron chi connectivity index (χ3n) is 9.89. The monoisotopic (exact) mass is 731 g/mol. The number of carbonyl (C=O) groups excluding carboxylic acids is 1. The Hall–Kier alpha value is -3.83. The fourth-order valence-corrected chi connectivity index (χ4v) is 8.14.